The zero-order chi connectivity index (χ0) is 13.5. The van der Waals surface area contributed by atoms with E-state index in [1.165, 1.54) is 0 Å². The van der Waals surface area contributed by atoms with Crippen molar-refractivity contribution < 1.29 is 14.6 Å². The van der Waals surface area contributed by atoms with Gasteiger partial charge in [0, 0.05) is 19.6 Å². The maximum Gasteiger partial charge on any atom is 0.237 e. The minimum atomic E-state index is -0.162. The summed E-state index contributed by atoms with van der Waals surface area (Å²) in [5.41, 5.74) is 0. The fourth-order valence-corrected chi connectivity index (χ4v) is 2.00. The Labute approximate surface area is 109 Å². The van der Waals surface area contributed by atoms with E-state index in [1.54, 1.807) is 0 Å². The van der Waals surface area contributed by atoms with Crippen molar-refractivity contribution >= 4 is 5.91 Å². The first kappa shape index (κ1) is 15.4. The van der Waals surface area contributed by atoms with Gasteiger partial charge in [-0.15, -0.1) is 0 Å². The van der Waals surface area contributed by atoms with Crippen molar-refractivity contribution in [1.29, 1.82) is 0 Å². The summed E-state index contributed by atoms with van der Waals surface area (Å²) in [6.45, 7) is 8.88. The lowest BCUT2D eigenvalue weighted by molar-refractivity contribution is -0.130. The SMILES string of the molecule is CC(C)CCNC(=O)C(C)N1CCOC(CO)C1. The van der Waals surface area contributed by atoms with Crippen LogP contribution in [-0.2, 0) is 9.53 Å². The first-order chi connectivity index (χ1) is 8.54. The molecule has 0 aliphatic carbocycles. The molecule has 1 heterocycles. The molecule has 1 aliphatic heterocycles. The van der Waals surface area contributed by atoms with Crippen LogP contribution in [0.4, 0.5) is 0 Å². The second-order valence-electron chi connectivity index (χ2n) is 5.32. The second-order valence-corrected chi connectivity index (χ2v) is 5.32. The third-order valence-corrected chi connectivity index (χ3v) is 3.32. The number of nitrogens with one attached hydrogen (secondary N) is 1. The third-order valence-electron chi connectivity index (χ3n) is 3.32. The number of rotatable bonds is 6. The van der Waals surface area contributed by atoms with Gasteiger partial charge in [-0.1, -0.05) is 13.8 Å². The summed E-state index contributed by atoms with van der Waals surface area (Å²) >= 11 is 0. The van der Waals surface area contributed by atoms with Crippen molar-refractivity contribution in [3.8, 4) is 0 Å². The van der Waals surface area contributed by atoms with E-state index in [0.717, 1.165) is 19.5 Å². The molecule has 1 amide bonds. The number of ether oxygens (including phenoxy) is 1. The largest absolute Gasteiger partial charge is 0.394 e. The number of nitrogens with zero attached hydrogens (tertiary/aromatic N) is 1. The summed E-state index contributed by atoms with van der Waals surface area (Å²) in [5.74, 6) is 0.664. The molecule has 18 heavy (non-hydrogen) atoms. The number of aliphatic hydroxyl groups is 1. The lowest BCUT2D eigenvalue weighted by atomic mass is 10.1. The van der Waals surface area contributed by atoms with Crippen molar-refractivity contribution in [2.45, 2.75) is 39.3 Å². The highest BCUT2D eigenvalue weighted by molar-refractivity contribution is 5.81. The van der Waals surface area contributed by atoms with Crippen LogP contribution in [0.2, 0.25) is 0 Å². The van der Waals surface area contributed by atoms with E-state index in [0.29, 0.717) is 19.1 Å². The molecule has 0 aromatic carbocycles. The van der Waals surface area contributed by atoms with Crippen molar-refractivity contribution in [1.82, 2.24) is 10.2 Å². The van der Waals surface area contributed by atoms with Crippen LogP contribution in [0.15, 0.2) is 0 Å². The van der Waals surface area contributed by atoms with E-state index in [4.69, 9.17) is 9.84 Å². The molecule has 5 heteroatoms. The van der Waals surface area contributed by atoms with Crippen LogP contribution in [0, 0.1) is 5.92 Å². The normalized spacial score (nSPS) is 23.1. The number of aliphatic hydroxyl groups excluding tert-OH is 1. The van der Waals surface area contributed by atoms with Gasteiger partial charge in [0.15, 0.2) is 0 Å². The Bertz CT molecular complexity index is 259. The summed E-state index contributed by atoms with van der Waals surface area (Å²) in [6, 6.07) is -0.157. The fourth-order valence-electron chi connectivity index (χ4n) is 2.00. The van der Waals surface area contributed by atoms with Crippen LogP contribution in [-0.4, -0.2) is 60.9 Å². The molecule has 2 N–H and O–H groups in total. The Morgan fingerprint density at radius 1 is 1.50 bits per heavy atom. The maximum atomic E-state index is 12.0. The molecule has 1 fully saturated rings. The summed E-state index contributed by atoms with van der Waals surface area (Å²) in [4.78, 5) is 14.0. The van der Waals surface area contributed by atoms with Crippen LogP contribution < -0.4 is 5.32 Å². The third kappa shape index (κ3) is 4.92. The lowest BCUT2D eigenvalue weighted by Crippen LogP contribution is -2.53. The highest BCUT2D eigenvalue weighted by Crippen LogP contribution is 2.09. The van der Waals surface area contributed by atoms with Crippen LogP contribution in [0.25, 0.3) is 0 Å². The highest BCUT2D eigenvalue weighted by Gasteiger charge is 2.27. The van der Waals surface area contributed by atoms with Gasteiger partial charge in [0.2, 0.25) is 5.91 Å². The van der Waals surface area contributed by atoms with Gasteiger partial charge >= 0.3 is 0 Å². The van der Waals surface area contributed by atoms with Crippen LogP contribution >= 0.6 is 0 Å². The fraction of sp³-hybridized carbons (Fsp3) is 0.923. The van der Waals surface area contributed by atoms with E-state index in [-0.39, 0.29) is 24.7 Å². The van der Waals surface area contributed by atoms with Crippen molar-refractivity contribution in [3.63, 3.8) is 0 Å². The van der Waals surface area contributed by atoms with Gasteiger partial charge in [0.1, 0.15) is 0 Å². The average molecular weight is 258 g/mol. The Morgan fingerprint density at radius 3 is 2.83 bits per heavy atom. The lowest BCUT2D eigenvalue weighted by Gasteiger charge is -2.35. The molecule has 1 rings (SSSR count). The van der Waals surface area contributed by atoms with Gasteiger partial charge < -0.3 is 15.2 Å². The summed E-state index contributed by atoms with van der Waals surface area (Å²) < 4.78 is 5.38. The standard InChI is InChI=1S/C13H26N2O3/c1-10(2)4-5-14-13(17)11(3)15-6-7-18-12(8-15)9-16/h10-12,16H,4-9H2,1-3H3,(H,14,17). The van der Waals surface area contributed by atoms with Gasteiger partial charge in [0.05, 0.1) is 25.4 Å². The molecule has 0 aromatic heterocycles. The summed E-state index contributed by atoms with van der Waals surface area (Å²) in [6.07, 6.45) is 0.838. The highest BCUT2D eigenvalue weighted by atomic mass is 16.5. The molecule has 0 aromatic rings. The molecule has 106 valence electrons. The molecular weight excluding hydrogens is 232 g/mol. The van der Waals surface area contributed by atoms with Gasteiger partial charge in [-0.25, -0.2) is 0 Å². The topological polar surface area (TPSA) is 61.8 Å². The Balaban J connectivity index is 2.33. The van der Waals surface area contributed by atoms with Crippen molar-refractivity contribution in [2.24, 2.45) is 5.92 Å². The molecule has 5 nitrogen and oxygen atoms in total. The van der Waals surface area contributed by atoms with Gasteiger partial charge in [0.25, 0.3) is 0 Å². The van der Waals surface area contributed by atoms with Crippen LogP contribution in [0.5, 0.6) is 0 Å². The summed E-state index contributed by atoms with van der Waals surface area (Å²) in [5, 5.41) is 12.0. The Hall–Kier alpha value is -0.650. The van der Waals surface area contributed by atoms with Crippen LogP contribution in [0.3, 0.4) is 0 Å². The van der Waals surface area contributed by atoms with Crippen molar-refractivity contribution in [3.05, 3.63) is 0 Å². The average Bonchev–Trinajstić information content (AvgIpc) is 2.37. The first-order valence-electron chi connectivity index (χ1n) is 6.78. The summed E-state index contributed by atoms with van der Waals surface area (Å²) in [7, 11) is 0. The minimum Gasteiger partial charge on any atom is -0.394 e. The first-order valence-corrected chi connectivity index (χ1v) is 6.78. The predicted molar refractivity (Wildman–Crippen MR) is 70.3 cm³/mol. The molecule has 0 bridgehead atoms. The molecule has 2 unspecified atom stereocenters. The number of carbonyl (C=O) groups excluding carboxylic acids is 1. The zero-order valence-corrected chi connectivity index (χ0v) is 11.7. The molecule has 0 saturated carbocycles. The molecule has 0 spiro atoms. The van der Waals surface area contributed by atoms with Gasteiger partial charge in [-0.2, -0.15) is 0 Å². The predicted octanol–water partition coefficient (Wildman–Crippen LogP) is 0.230. The van der Waals surface area contributed by atoms with E-state index in [2.05, 4.69) is 24.1 Å². The van der Waals surface area contributed by atoms with Gasteiger partial charge in [-0.05, 0) is 19.3 Å². The maximum absolute atomic E-state index is 12.0. The van der Waals surface area contributed by atoms with E-state index < -0.39 is 0 Å². The smallest absolute Gasteiger partial charge is 0.237 e. The molecular formula is C13H26N2O3. The Morgan fingerprint density at radius 2 is 2.22 bits per heavy atom. The Kier molecular flexibility index (Phi) is 6.60. The van der Waals surface area contributed by atoms with E-state index in [9.17, 15) is 4.79 Å². The molecule has 0 radical (unpaired) electrons. The minimum absolute atomic E-state index is 0.0121. The second kappa shape index (κ2) is 7.71. The number of amides is 1. The quantitative estimate of drug-likeness (QED) is 0.716. The van der Waals surface area contributed by atoms with Gasteiger partial charge in [-0.3, -0.25) is 9.69 Å². The molecule has 2 atom stereocenters. The number of hydrogen-bond acceptors (Lipinski definition) is 4. The van der Waals surface area contributed by atoms with E-state index >= 15 is 0 Å². The molecule has 1 saturated heterocycles. The van der Waals surface area contributed by atoms with Crippen LogP contribution in [0.1, 0.15) is 27.2 Å². The number of morpholine rings is 1. The number of hydrogen-bond donors (Lipinski definition) is 2. The monoisotopic (exact) mass is 258 g/mol. The molecule has 1 aliphatic rings. The van der Waals surface area contributed by atoms with Crippen molar-refractivity contribution in [2.75, 3.05) is 32.8 Å². The van der Waals surface area contributed by atoms with E-state index in [1.807, 2.05) is 6.92 Å². The number of carbonyl (C=O) groups is 1. The zero-order valence-electron chi connectivity index (χ0n) is 11.7.